The highest BCUT2D eigenvalue weighted by atomic mass is 16.5. The molecular weight excluding hydrogens is 390 g/mol. The third-order valence-electron chi connectivity index (χ3n) is 9.18. The molecule has 4 saturated carbocycles. The summed E-state index contributed by atoms with van der Waals surface area (Å²) in [5.74, 6) is 3.48. The highest BCUT2D eigenvalue weighted by molar-refractivity contribution is 5.42. The molecule has 3 heterocycles. The molecule has 0 N–H and O–H groups in total. The van der Waals surface area contributed by atoms with Crippen molar-refractivity contribution in [1.82, 2.24) is 13.9 Å². The standard InChI is InChI=1S/C25H23N3O3/c1-26-23(29)27-21-17-15-16-18(21)20(16)25(19(15)17,28(27)24(26)30)12-31-22(13-8-4-2-5-9-13)14-10-6-3-7-11-14/h2-11,15-22H,12H2,1H3/t15-,16-,17-,18+,19+,20+,21?,25?/m1/s1. The Labute approximate surface area is 178 Å². The molecular formula is C25H23N3O3. The first-order valence-corrected chi connectivity index (χ1v) is 11.3. The molecule has 4 aliphatic carbocycles. The van der Waals surface area contributed by atoms with Crippen molar-refractivity contribution in [3.8, 4) is 0 Å². The van der Waals surface area contributed by atoms with Gasteiger partial charge in [-0.05, 0) is 46.6 Å². The van der Waals surface area contributed by atoms with Crippen molar-refractivity contribution in [2.24, 2.45) is 42.6 Å². The molecule has 0 spiro atoms. The fourth-order valence-electron chi connectivity index (χ4n) is 8.32. The topological polar surface area (TPSA) is 58.2 Å². The van der Waals surface area contributed by atoms with Crippen LogP contribution in [0.1, 0.15) is 23.3 Å². The summed E-state index contributed by atoms with van der Waals surface area (Å²) >= 11 is 0. The van der Waals surface area contributed by atoms with Gasteiger partial charge in [0.25, 0.3) is 0 Å². The molecule has 156 valence electrons. The van der Waals surface area contributed by atoms with E-state index in [0.29, 0.717) is 42.1 Å². The number of aromatic nitrogens is 3. The second-order valence-corrected chi connectivity index (χ2v) is 10.1. The van der Waals surface area contributed by atoms with Crippen LogP contribution in [-0.2, 0) is 17.3 Å². The van der Waals surface area contributed by atoms with Gasteiger partial charge in [0.2, 0.25) is 0 Å². The van der Waals surface area contributed by atoms with E-state index in [1.807, 2.05) is 45.8 Å². The normalized spacial score (nSPS) is 39.1. The van der Waals surface area contributed by atoms with Crippen LogP contribution in [-0.4, -0.2) is 20.5 Å². The Balaban J connectivity index is 1.25. The predicted octanol–water partition coefficient (Wildman–Crippen LogP) is 2.16. The van der Waals surface area contributed by atoms with Crippen LogP contribution in [0.25, 0.3) is 0 Å². The summed E-state index contributed by atoms with van der Waals surface area (Å²) in [7, 11) is 1.61. The largest absolute Gasteiger partial charge is 0.366 e. The fourth-order valence-corrected chi connectivity index (χ4v) is 8.32. The number of hydrogen-bond donors (Lipinski definition) is 0. The van der Waals surface area contributed by atoms with E-state index in [9.17, 15) is 9.59 Å². The van der Waals surface area contributed by atoms with E-state index in [1.165, 1.54) is 4.57 Å². The maximum Gasteiger partial charge on any atom is 0.347 e. The van der Waals surface area contributed by atoms with Crippen molar-refractivity contribution in [2.45, 2.75) is 17.7 Å². The molecule has 9 rings (SSSR count). The molecule has 0 amide bonds. The summed E-state index contributed by atoms with van der Waals surface area (Å²) in [6, 6.07) is 20.8. The first-order chi connectivity index (χ1) is 15.2. The van der Waals surface area contributed by atoms with Crippen molar-refractivity contribution in [3.63, 3.8) is 0 Å². The minimum Gasteiger partial charge on any atom is -0.366 e. The van der Waals surface area contributed by atoms with Crippen LogP contribution >= 0.6 is 0 Å². The number of ether oxygens (including phenoxy) is 1. The van der Waals surface area contributed by atoms with Crippen LogP contribution in [0.5, 0.6) is 0 Å². The van der Waals surface area contributed by atoms with Crippen molar-refractivity contribution in [2.75, 3.05) is 6.61 Å². The van der Waals surface area contributed by atoms with Crippen LogP contribution in [0.4, 0.5) is 0 Å². The zero-order chi connectivity index (χ0) is 20.6. The summed E-state index contributed by atoms with van der Waals surface area (Å²) in [6.07, 6.45) is -0.194. The first kappa shape index (κ1) is 16.8. The third-order valence-corrected chi connectivity index (χ3v) is 9.18. The van der Waals surface area contributed by atoms with Crippen molar-refractivity contribution >= 4 is 0 Å². The van der Waals surface area contributed by atoms with Gasteiger partial charge in [-0.2, -0.15) is 0 Å². The van der Waals surface area contributed by atoms with E-state index in [1.54, 1.807) is 7.05 Å². The van der Waals surface area contributed by atoms with Crippen LogP contribution in [0, 0.1) is 35.5 Å². The predicted molar refractivity (Wildman–Crippen MR) is 113 cm³/mol. The minimum atomic E-state index is -0.362. The Morgan fingerprint density at radius 1 is 0.839 bits per heavy atom. The molecule has 3 aromatic rings. The highest BCUT2D eigenvalue weighted by Gasteiger charge is 2.95. The molecule has 8 atom stereocenters. The molecule has 0 saturated heterocycles. The summed E-state index contributed by atoms with van der Waals surface area (Å²) in [4.78, 5) is 26.1. The number of rotatable bonds is 5. The average molecular weight is 413 g/mol. The molecule has 2 bridgehead atoms. The fraction of sp³-hybridized carbons (Fsp3) is 0.440. The van der Waals surface area contributed by atoms with E-state index in [-0.39, 0.29) is 29.1 Å². The maximum atomic E-state index is 13.2. The van der Waals surface area contributed by atoms with Gasteiger partial charge in [-0.3, -0.25) is 0 Å². The Kier molecular flexibility index (Phi) is 2.78. The Hall–Kier alpha value is -2.86. The summed E-state index contributed by atoms with van der Waals surface area (Å²) in [6.45, 7) is 0.479. The molecule has 2 aliphatic heterocycles. The lowest BCUT2D eigenvalue weighted by molar-refractivity contribution is -0.0674. The Morgan fingerprint density at radius 3 is 1.94 bits per heavy atom. The quantitative estimate of drug-likeness (QED) is 0.644. The SMILES string of the molecule is Cn1c(=O)n2n(c1=O)C1(COC(c3ccccc3)c3ccccc3)[C@@H]3[C@@H]4C2[C@H]2[C@@H]([C@H]43)[C@@H]21. The first-order valence-electron chi connectivity index (χ1n) is 11.3. The van der Waals surface area contributed by atoms with Gasteiger partial charge in [0.15, 0.2) is 0 Å². The van der Waals surface area contributed by atoms with Crippen molar-refractivity contribution in [3.05, 3.63) is 92.8 Å². The minimum absolute atomic E-state index is 0.155. The summed E-state index contributed by atoms with van der Waals surface area (Å²) in [5.41, 5.74) is 1.53. The summed E-state index contributed by atoms with van der Waals surface area (Å²) < 4.78 is 11.7. The molecule has 1 aromatic heterocycles. The highest BCUT2D eigenvalue weighted by Crippen LogP contribution is 2.93. The average Bonchev–Trinajstić information content (AvgIpc) is 3.66. The molecule has 31 heavy (non-hydrogen) atoms. The lowest BCUT2D eigenvalue weighted by atomic mass is 9.77. The van der Waals surface area contributed by atoms with Crippen molar-refractivity contribution in [1.29, 1.82) is 0 Å². The molecule has 6 aliphatic rings. The van der Waals surface area contributed by atoms with Crippen LogP contribution in [0.3, 0.4) is 0 Å². The van der Waals surface area contributed by atoms with Gasteiger partial charge in [0, 0.05) is 7.05 Å². The van der Waals surface area contributed by atoms with Gasteiger partial charge in [0.05, 0.1) is 18.2 Å². The maximum absolute atomic E-state index is 13.2. The van der Waals surface area contributed by atoms with Crippen molar-refractivity contribution < 1.29 is 4.74 Å². The summed E-state index contributed by atoms with van der Waals surface area (Å²) in [5, 5.41) is 0. The van der Waals surface area contributed by atoms with Gasteiger partial charge in [-0.1, -0.05) is 60.7 Å². The van der Waals surface area contributed by atoms with E-state index in [4.69, 9.17) is 4.74 Å². The number of nitrogens with zero attached hydrogens (tertiary/aromatic N) is 3. The lowest BCUT2D eigenvalue weighted by Gasteiger charge is -2.47. The monoisotopic (exact) mass is 413 g/mol. The van der Waals surface area contributed by atoms with E-state index in [0.717, 1.165) is 11.1 Å². The Morgan fingerprint density at radius 2 is 1.39 bits per heavy atom. The zero-order valence-corrected chi connectivity index (χ0v) is 17.2. The van der Waals surface area contributed by atoms with E-state index >= 15 is 0 Å². The Bertz CT molecular complexity index is 1290. The third kappa shape index (κ3) is 1.68. The smallest absolute Gasteiger partial charge is 0.347 e. The molecule has 6 heteroatoms. The second-order valence-electron chi connectivity index (χ2n) is 10.1. The van der Waals surface area contributed by atoms with Gasteiger partial charge in [0.1, 0.15) is 6.10 Å². The lowest BCUT2D eigenvalue weighted by Crippen LogP contribution is -2.59. The zero-order valence-electron chi connectivity index (χ0n) is 17.2. The van der Waals surface area contributed by atoms with Crippen LogP contribution in [0.2, 0.25) is 0 Å². The van der Waals surface area contributed by atoms with Crippen LogP contribution < -0.4 is 11.4 Å². The molecule has 2 unspecified atom stereocenters. The van der Waals surface area contributed by atoms with Gasteiger partial charge < -0.3 is 4.74 Å². The molecule has 0 radical (unpaired) electrons. The van der Waals surface area contributed by atoms with Gasteiger partial charge in [-0.25, -0.2) is 23.5 Å². The van der Waals surface area contributed by atoms with Crippen LogP contribution in [0.15, 0.2) is 70.3 Å². The molecule has 6 nitrogen and oxygen atoms in total. The molecule has 4 fully saturated rings. The molecule has 2 aromatic carbocycles. The number of benzene rings is 2. The van der Waals surface area contributed by atoms with Gasteiger partial charge >= 0.3 is 11.4 Å². The van der Waals surface area contributed by atoms with E-state index < -0.39 is 0 Å². The second kappa shape index (κ2) is 5.13. The van der Waals surface area contributed by atoms with E-state index in [2.05, 4.69) is 24.3 Å². The van der Waals surface area contributed by atoms with Gasteiger partial charge in [-0.15, -0.1) is 0 Å². The number of hydrogen-bond acceptors (Lipinski definition) is 3.